The highest BCUT2D eigenvalue weighted by atomic mass is 35.5. The summed E-state index contributed by atoms with van der Waals surface area (Å²) in [5.41, 5.74) is 1.00. The molecule has 0 bridgehead atoms. The van der Waals surface area contributed by atoms with Crippen LogP contribution in [0.4, 0.5) is 5.69 Å². The summed E-state index contributed by atoms with van der Waals surface area (Å²) in [7, 11) is 0. The molecular weight excluding hydrogens is 240 g/mol. The van der Waals surface area contributed by atoms with Gasteiger partial charge < -0.3 is 5.32 Å². The lowest BCUT2D eigenvalue weighted by Gasteiger charge is -2.23. The van der Waals surface area contributed by atoms with Gasteiger partial charge in [0.2, 0.25) is 0 Å². The topological polar surface area (TPSA) is 24.4 Å². The summed E-state index contributed by atoms with van der Waals surface area (Å²) in [4.78, 5) is 4.61. The first-order chi connectivity index (χ1) is 7.65. The molecular formula is C12H15ClN2S. The molecule has 0 saturated heterocycles. The van der Waals surface area contributed by atoms with Gasteiger partial charge in [-0.2, -0.15) is 0 Å². The first-order valence-electron chi connectivity index (χ1n) is 5.38. The van der Waals surface area contributed by atoms with Crippen LogP contribution in [-0.4, -0.2) is 17.0 Å². The summed E-state index contributed by atoms with van der Waals surface area (Å²) in [6.07, 6.45) is 0. The number of thioether (sulfide) groups is 1. The summed E-state index contributed by atoms with van der Waals surface area (Å²) in [5.74, 6) is 1.77. The number of amidine groups is 1. The van der Waals surface area contributed by atoms with Gasteiger partial charge >= 0.3 is 0 Å². The van der Waals surface area contributed by atoms with Gasteiger partial charge in [-0.3, -0.25) is 4.99 Å². The van der Waals surface area contributed by atoms with Crippen LogP contribution in [0.2, 0.25) is 5.02 Å². The van der Waals surface area contributed by atoms with E-state index in [1.54, 1.807) is 11.8 Å². The minimum atomic E-state index is 0.392. The molecule has 1 aliphatic rings. The minimum absolute atomic E-state index is 0.392. The zero-order chi connectivity index (χ0) is 11.5. The average Bonchev–Trinajstić information content (AvgIpc) is 2.24. The van der Waals surface area contributed by atoms with Gasteiger partial charge in [0.05, 0.1) is 6.04 Å². The van der Waals surface area contributed by atoms with Crippen LogP contribution < -0.4 is 5.32 Å². The highest BCUT2D eigenvalue weighted by Crippen LogP contribution is 2.24. The number of benzene rings is 1. The molecule has 16 heavy (non-hydrogen) atoms. The highest BCUT2D eigenvalue weighted by Gasteiger charge is 2.19. The second-order valence-corrected chi connectivity index (χ2v) is 5.54. The van der Waals surface area contributed by atoms with Crippen molar-refractivity contribution >= 4 is 34.2 Å². The minimum Gasteiger partial charge on any atom is -0.335 e. The van der Waals surface area contributed by atoms with E-state index in [0.717, 1.165) is 21.6 Å². The van der Waals surface area contributed by atoms with E-state index in [-0.39, 0.29) is 0 Å². The number of rotatable bonds is 1. The maximum absolute atomic E-state index is 5.93. The largest absolute Gasteiger partial charge is 0.335 e. The van der Waals surface area contributed by atoms with Gasteiger partial charge in [-0.25, -0.2) is 0 Å². The van der Waals surface area contributed by atoms with Crippen LogP contribution in [0, 0.1) is 5.92 Å². The number of nitrogens with one attached hydrogen (secondary N) is 1. The van der Waals surface area contributed by atoms with Crippen LogP contribution in [0.1, 0.15) is 13.8 Å². The zero-order valence-corrected chi connectivity index (χ0v) is 11.0. The predicted octanol–water partition coefficient (Wildman–Crippen LogP) is 3.88. The van der Waals surface area contributed by atoms with Crippen molar-refractivity contribution in [2.24, 2.45) is 10.9 Å². The van der Waals surface area contributed by atoms with Gasteiger partial charge in [0, 0.05) is 16.5 Å². The molecule has 0 saturated carbocycles. The summed E-state index contributed by atoms with van der Waals surface area (Å²) in [6.45, 7) is 4.39. The van der Waals surface area contributed by atoms with Crippen LogP contribution >= 0.6 is 23.4 Å². The number of nitrogens with zero attached hydrogens (tertiary/aromatic N) is 1. The van der Waals surface area contributed by atoms with Crippen molar-refractivity contribution in [1.82, 2.24) is 0 Å². The third-order valence-electron chi connectivity index (χ3n) is 2.70. The molecule has 0 fully saturated rings. The second-order valence-electron chi connectivity index (χ2n) is 4.10. The molecule has 2 nitrogen and oxygen atoms in total. The molecule has 2 unspecified atom stereocenters. The zero-order valence-electron chi connectivity index (χ0n) is 9.40. The van der Waals surface area contributed by atoms with E-state index in [0.29, 0.717) is 12.0 Å². The Bertz CT molecular complexity index is 406. The van der Waals surface area contributed by atoms with Crippen molar-refractivity contribution in [3.05, 3.63) is 29.3 Å². The summed E-state index contributed by atoms with van der Waals surface area (Å²) >= 11 is 7.70. The van der Waals surface area contributed by atoms with Crippen LogP contribution in [0.15, 0.2) is 29.3 Å². The van der Waals surface area contributed by atoms with Crippen molar-refractivity contribution < 1.29 is 0 Å². The Morgan fingerprint density at radius 2 is 2.25 bits per heavy atom. The smallest absolute Gasteiger partial charge is 0.161 e. The number of aliphatic imine (C=N–C) groups is 1. The molecule has 0 radical (unpaired) electrons. The van der Waals surface area contributed by atoms with E-state index in [1.807, 2.05) is 24.3 Å². The Balaban J connectivity index is 2.08. The van der Waals surface area contributed by atoms with E-state index in [4.69, 9.17) is 11.6 Å². The summed E-state index contributed by atoms with van der Waals surface area (Å²) < 4.78 is 0. The quantitative estimate of drug-likeness (QED) is 0.823. The lowest BCUT2D eigenvalue weighted by Crippen LogP contribution is -2.25. The van der Waals surface area contributed by atoms with Crippen molar-refractivity contribution in [3.8, 4) is 0 Å². The van der Waals surface area contributed by atoms with Gasteiger partial charge in [0.25, 0.3) is 0 Å². The fourth-order valence-corrected chi connectivity index (χ4v) is 2.78. The molecule has 0 spiro atoms. The monoisotopic (exact) mass is 254 g/mol. The lowest BCUT2D eigenvalue weighted by molar-refractivity contribution is 0.537. The normalized spacial score (nSPS) is 25.1. The molecule has 2 atom stereocenters. The van der Waals surface area contributed by atoms with E-state index >= 15 is 0 Å². The van der Waals surface area contributed by atoms with Crippen molar-refractivity contribution in [3.63, 3.8) is 0 Å². The molecule has 0 aromatic heterocycles. The van der Waals surface area contributed by atoms with E-state index in [1.165, 1.54) is 0 Å². The number of anilines is 1. The van der Waals surface area contributed by atoms with Crippen LogP contribution in [0.5, 0.6) is 0 Å². The van der Waals surface area contributed by atoms with Crippen LogP contribution in [-0.2, 0) is 0 Å². The second kappa shape index (κ2) is 5.11. The van der Waals surface area contributed by atoms with Gasteiger partial charge in [-0.15, -0.1) is 0 Å². The number of hydrogen-bond acceptors (Lipinski definition) is 3. The first-order valence-corrected chi connectivity index (χ1v) is 6.74. The third-order valence-corrected chi connectivity index (χ3v) is 4.11. The number of hydrogen-bond donors (Lipinski definition) is 1. The van der Waals surface area contributed by atoms with E-state index < -0.39 is 0 Å². The Morgan fingerprint density at radius 1 is 1.44 bits per heavy atom. The highest BCUT2D eigenvalue weighted by molar-refractivity contribution is 8.14. The maximum Gasteiger partial charge on any atom is 0.161 e. The average molecular weight is 255 g/mol. The Labute approximate surface area is 105 Å². The molecule has 0 amide bonds. The SMILES string of the molecule is CC1CSC(Nc2cccc(Cl)c2)=NC1C. The Morgan fingerprint density at radius 3 is 2.94 bits per heavy atom. The maximum atomic E-state index is 5.93. The molecule has 4 heteroatoms. The van der Waals surface area contributed by atoms with Gasteiger partial charge in [-0.1, -0.05) is 36.4 Å². The molecule has 2 rings (SSSR count). The Kier molecular flexibility index (Phi) is 3.77. The predicted molar refractivity (Wildman–Crippen MR) is 73.6 cm³/mol. The van der Waals surface area contributed by atoms with Crippen molar-refractivity contribution in [1.29, 1.82) is 0 Å². The standard InChI is InChI=1S/C12H15ClN2S/c1-8-7-16-12(14-9(8)2)15-11-5-3-4-10(13)6-11/h3-6,8-9H,7H2,1-2H3,(H,14,15). The van der Waals surface area contributed by atoms with E-state index in [9.17, 15) is 0 Å². The molecule has 1 aromatic rings. The molecule has 1 aliphatic heterocycles. The fraction of sp³-hybridized carbons (Fsp3) is 0.417. The number of halogens is 1. The fourth-order valence-electron chi connectivity index (χ4n) is 1.46. The molecule has 86 valence electrons. The van der Waals surface area contributed by atoms with Crippen LogP contribution in [0.3, 0.4) is 0 Å². The Hall–Kier alpha value is -0.670. The summed E-state index contributed by atoms with van der Waals surface area (Å²) in [5, 5.41) is 5.04. The summed E-state index contributed by atoms with van der Waals surface area (Å²) in [6, 6.07) is 8.10. The third kappa shape index (κ3) is 2.92. The van der Waals surface area contributed by atoms with Gasteiger partial charge in [0.15, 0.2) is 5.17 Å². The molecule has 0 aliphatic carbocycles. The first kappa shape index (κ1) is 11.8. The molecule has 1 aromatic carbocycles. The van der Waals surface area contributed by atoms with Crippen LogP contribution in [0.25, 0.3) is 0 Å². The van der Waals surface area contributed by atoms with Crippen molar-refractivity contribution in [2.45, 2.75) is 19.9 Å². The van der Waals surface area contributed by atoms with Gasteiger partial charge in [0.1, 0.15) is 0 Å². The molecule has 1 N–H and O–H groups in total. The lowest BCUT2D eigenvalue weighted by atomic mass is 10.1. The van der Waals surface area contributed by atoms with Crippen molar-refractivity contribution in [2.75, 3.05) is 11.1 Å². The molecule has 1 heterocycles. The van der Waals surface area contributed by atoms with Gasteiger partial charge in [-0.05, 0) is 31.0 Å². The van der Waals surface area contributed by atoms with E-state index in [2.05, 4.69) is 24.2 Å².